The number of benzene rings is 2. The van der Waals surface area contributed by atoms with Crippen LogP contribution >= 0.6 is 27.3 Å². The molecule has 140 valence electrons. The van der Waals surface area contributed by atoms with E-state index >= 15 is 0 Å². The van der Waals surface area contributed by atoms with Crippen LogP contribution in [0.3, 0.4) is 0 Å². The number of halogens is 1. The van der Waals surface area contributed by atoms with Crippen LogP contribution < -0.4 is 14.9 Å². The Labute approximate surface area is 171 Å². The normalized spacial score (nSPS) is 10.9. The largest absolute Gasteiger partial charge is 0.494 e. The number of hydrogen-bond acceptors (Lipinski definition) is 6. The highest BCUT2D eigenvalue weighted by molar-refractivity contribution is 9.10. The lowest BCUT2D eigenvalue weighted by Gasteiger charge is -2.09. The van der Waals surface area contributed by atoms with Crippen molar-refractivity contribution in [1.29, 1.82) is 0 Å². The van der Waals surface area contributed by atoms with E-state index in [1.807, 2.05) is 61.7 Å². The van der Waals surface area contributed by atoms with E-state index in [0.717, 1.165) is 37.9 Å². The number of hydrogen-bond donors (Lipinski definition) is 1. The quantitative estimate of drug-likeness (QED) is 0.350. The molecule has 0 saturated heterocycles. The third-order valence-electron chi connectivity index (χ3n) is 3.60. The first kappa shape index (κ1) is 19.4. The van der Waals surface area contributed by atoms with Crippen molar-refractivity contribution in [3.63, 3.8) is 0 Å². The molecule has 2 aromatic carbocycles. The van der Waals surface area contributed by atoms with Crippen molar-refractivity contribution >= 4 is 38.6 Å². The van der Waals surface area contributed by atoms with E-state index < -0.39 is 0 Å². The zero-order chi connectivity index (χ0) is 19.1. The molecule has 27 heavy (non-hydrogen) atoms. The van der Waals surface area contributed by atoms with Gasteiger partial charge in [-0.05, 0) is 38.1 Å². The van der Waals surface area contributed by atoms with E-state index in [1.54, 1.807) is 6.21 Å². The van der Waals surface area contributed by atoms with E-state index in [2.05, 4.69) is 31.4 Å². The van der Waals surface area contributed by atoms with E-state index in [1.165, 1.54) is 11.3 Å². The number of aromatic nitrogens is 1. The lowest BCUT2D eigenvalue weighted by Crippen LogP contribution is -1.99. The van der Waals surface area contributed by atoms with Crippen molar-refractivity contribution in [2.75, 3.05) is 18.6 Å². The highest BCUT2D eigenvalue weighted by Gasteiger charge is 2.06. The van der Waals surface area contributed by atoms with E-state index in [4.69, 9.17) is 9.47 Å². The van der Waals surface area contributed by atoms with Crippen molar-refractivity contribution < 1.29 is 9.47 Å². The van der Waals surface area contributed by atoms with E-state index in [9.17, 15) is 0 Å². The minimum Gasteiger partial charge on any atom is -0.494 e. The molecule has 5 nitrogen and oxygen atoms in total. The minimum atomic E-state index is 0.576. The lowest BCUT2D eigenvalue weighted by molar-refractivity contribution is 0.323. The van der Waals surface area contributed by atoms with Crippen molar-refractivity contribution in [2.45, 2.75) is 13.8 Å². The number of thiazole rings is 1. The van der Waals surface area contributed by atoms with Crippen molar-refractivity contribution in [2.24, 2.45) is 5.10 Å². The Balaban J connectivity index is 1.69. The predicted octanol–water partition coefficient (Wildman–Crippen LogP) is 5.82. The number of rotatable bonds is 8. The van der Waals surface area contributed by atoms with Gasteiger partial charge < -0.3 is 9.47 Å². The van der Waals surface area contributed by atoms with Crippen LogP contribution in [0.1, 0.15) is 19.4 Å². The molecule has 0 fully saturated rings. The molecule has 0 saturated carbocycles. The van der Waals surface area contributed by atoms with Crippen molar-refractivity contribution in [3.8, 4) is 22.8 Å². The van der Waals surface area contributed by atoms with Gasteiger partial charge in [0.1, 0.15) is 11.5 Å². The SMILES string of the molecule is CCOc1ccc(C=NNc2nc(-c3ccc(Br)cc3)cs2)c(OCC)c1. The number of anilines is 1. The van der Waals surface area contributed by atoms with Crippen LogP contribution in [0.2, 0.25) is 0 Å². The highest BCUT2D eigenvalue weighted by Crippen LogP contribution is 2.27. The van der Waals surface area contributed by atoms with Crippen LogP contribution in [0.25, 0.3) is 11.3 Å². The Kier molecular flexibility index (Phi) is 6.84. The fourth-order valence-corrected chi connectivity index (χ4v) is 3.33. The molecule has 7 heteroatoms. The minimum absolute atomic E-state index is 0.576. The van der Waals surface area contributed by atoms with Gasteiger partial charge in [-0.2, -0.15) is 5.10 Å². The standard InChI is InChI=1S/C20H20BrN3O2S/c1-3-25-17-10-7-15(19(11-17)26-4-2)12-22-24-20-23-18(13-27-20)14-5-8-16(21)9-6-14/h5-13H,3-4H2,1-2H3,(H,23,24). The molecule has 3 aromatic rings. The third kappa shape index (κ3) is 5.30. The smallest absolute Gasteiger partial charge is 0.203 e. The molecule has 1 aromatic heterocycles. The molecule has 0 atom stereocenters. The summed E-state index contributed by atoms with van der Waals surface area (Å²) in [6, 6.07) is 13.8. The first-order chi connectivity index (χ1) is 13.2. The van der Waals surface area contributed by atoms with Gasteiger partial charge in [-0.15, -0.1) is 11.3 Å². The lowest BCUT2D eigenvalue weighted by atomic mass is 10.2. The molecule has 0 aliphatic carbocycles. The maximum atomic E-state index is 5.68. The van der Waals surface area contributed by atoms with Gasteiger partial charge in [0.15, 0.2) is 0 Å². The van der Waals surface area contributed by atoms with Crippen LogP contribution in [0, 0.1) is 0 Å². The average Bonchev–Trinajstić information content (AvgIpc) is 3.13. The Bertz CT molecular complexity index is 910. The van der Waals surface area contributed by atoms with Gasteiger partial charge in [-0.3, -0.25) is 5.43 Å². The second kappa shape index (κ2) is 9.53. The zero-order valence-electron chi connectivity index (χ0n) is 15.1. The summed E-state index contributed by atoms with van der Waals surface area (Å²) in [5.74, 6) is 1.52. The Morgan fingerprint density at radius 1 is 1.11 bits per heavy atom. The summed E-state index contributed by atoms with van der Waals surface area (Å²) in [6.45, 7) is 5.10. The van der Waals surface area contributed by atoms with Crippen molar-refractivity contribution in [1.82, 2.24) is 4.98 Å². The summed E-state index contributed by atoms with van der Waals surface area (Å²) >= 11 is 4.95. The van der Waals surface area contributed by atoms with Gasteiger partial charge in [0, 0.05) is 27.0 Å². The van der Waals surface area contributed by atoms with Gasteiger partial charge in [-0.1, -0.05) is 28.1 Å². The summed E-state index contributed by atoms with van der Waals surface area (Å²) < 4.78 is 12.3. The average molecular weight is 446 g/mol. The van der Waals surface area contributed by atoms with E-state index in [0.29, 0.717) is 13.2 Å². The molecule has 0 radical (unpaired) electrons. The number of nitrogens with one attached hydrogen (secondary N) is 1. The van der Waals surface area contributed by atoms with Gasteiger partial charge in [-0.25, -0.2) is 4.98 Å². The van der Waals surface area contributed by atoms with Gasteiger partial charge in [0.05, 0.1) is 25.1 Å². The summed E-state index contributed by atoms with van der Waals surface area (Å²) in [6.07, 6.45) is 1.72. The first-order valence-electron chi connectivity index (χ1n) is 8.59. The Morgan fingerprint density at radius 3 is 2.63 bits per heavy atom. The van der Waals surface area contributed by atoms with Crippen LogP contribution in [-0.4, -0.2) is 24.4 Å². The number of ether oxygens (including phenoxy) is 2. The molecule has 0 unspecified atom stereocenters. The summed E-state index contributed by atoms with van der Waals surface area (Å²) in [7, 11) is 0. The second-order valence-corrected chi connectivity index (χ2v) is 7.25. The summed E-state index contributed by atoms with van der Waals surface area (Å²) in [5, 5.41) is 7.03. The van der Waals surface area contributed by atoms with Gasteiger partial charge >= 0.3 is 0 Å². The maximum Gasteiger partial charge on any atom is 0.203 e. The Hall–Kier alpha value is -2.38. The maximum absolute atomic E-state index is 5.68. The van der Waals surface area contributed by atoms with Crippen LogP contribution in [0.15, 0.2) is 57.4 Å². The molecular formula is C20H20BrN3O2S. The summed E-state index contributed by atoms with van der Waals surface area (Å²) in [5.41, 5.74) is 5.84. The molecule has 1 heterocycles. The first-order valence-corrected chi connectivity index (χ1v) is 10.3. The van der Waals surface area contributed by atoms with Crippen molar-refractivity contribution in [3.05, 3.63) is 57.9 Å². The monoisotopic (exact) mass is 445 g/mol. The van der Waals surface area contributed by atoms with Crippen LogP contribution in [0.5, 0.6) is 11.5 Å². The molecule has 0 aliphatic rings. The fraction of sp³-hybridized carbons (Fsp3) is 0.200. The summed E-state index contributed by atoms with van der Waals surface area (Å²) in [4.78, 5) is 4.57. The second-order valence-electron chi connectivity index (χ2n) is 5.48. The topological polar surface area (TPSA) is 55.7 Å². The molecule has 0 bridgehead atoms. The fourth-order valence-electron chi connectivity index (χ4n) is 2.39. The molecule has 1 N–H and O–H groups in total. The molecule has 0 spiro atoms. The highest BCUT2D eigenvalue weighted by atomic mass is 79.9. The zero-order valence-corrected chi connectivity index (χ0v) is 17.5. The number of hydrazone groups is 1. The molecule has 0 amide bonds. The van der Waals surface area contributed by atoms with Gasteiger partial charge in [0.25, 0.3) is 0 Å². The molecule has 0 aliphatic heterocycles. The molecular weight excluding hydrogens is 426 g/mol. The van der Waals surface area contributed by atoms with Gasteiger partial charge in [0.2, 0.25) is 5.13 Å². The van der Waals surface area contributed by atoms with Crippen LogP contribution in [0.4, 0.5) is 5.13 Å². The van der Waals surface area contributed by atoms with Crippen LogP contribution in [-0.2, 0) is 0 Å². The third-order valence-corrected chi connectivity index (χ3v) is 4.88. The number of nitrogens with zero attached hydrogens (tertiary/aromatic N) is 2. The van der Waals surface area contributed by atoms with E-state index in [-0.39, 0.29) is 0 Å². The predicted molar refractivity (Wildman–Crippen MR) is 115 cm³/mol. The molecule has 3 rings (SSSR count). The Morgan fingerprint density at radius 2 is 1.89 bits per heavy atom.